The Kier molecular flexibility index (Phi) is 2.56. The summed E-state index contributed by atoms with van der Waals surface area (Å²) in [6.45, 7) is 0. The summed E-state index contributed by atoms with van der Waals surface area (Å²) in [7, 11) is 0. The van der Waals surface area contributed by atoms with Gasteiger partial charge in [0.1, 0.15) is 23.1 Å². The molecule has 0 spiro atoms. The number of hydrogen-bond acceptors (Lipinski definition) is 5. The molecule has 0 atom stereocenters. The third-order valence-electron chi connectivity index (χ3n) is 2.68. The molecular weight excluding hydrogens is 265 g/mol. The molecule has 0 fully saturated rings. The molecule has 7 nitrogen and oxygen atoms in total. The van der Waals surface area contributed by atoms with Crippen molar-refractivity contribution in [1.82, 2.24) is 18.9 Å². The quantitative estimate of drug-likeness (QED) is 0.671. The highest BCUT2D eigenvalue weighted by atomic mass is 19.1. The fourth-order valence-corrected chi connectivity index (χ4v) is 1.78. The monoisotopic (exact) mass is 273 g/mol. The van der Waals surface area contributed by atoms with Gasteiger partial charge in [-0.1, -0.05) is 0 Å². The van der Waals surface area contributed by atoms with Crippen molar-refractivity contribution in [2.24, 2.45) is 0 Å². The molecule has 3 rings (SSSR count). The summed E-state index contributed by atoms with van der Waals surface area (Å²) in [5.41, 5.74) is 4.45. The van der Waals surface area contributed by atoms with E-state index in [0.717, 1.165) is 21.2 Å². The zero-order chi connectivity index (χ0) is 14.3. The van der Waals surface area contributed by atoms with Gasteiger partial charge >= 0.3 is 5.69 Å². The van der Waals surface area contributed by atoms with Gasteiger partial charge in [0.2, 0.25) is 0 Å². The van der Waals surface area contributed by atoms with Crippen LogP contribution in [0.1, 0.15) is 0 Å². The van der Waals surface area contributed by atoms with Crippen LogP contribution in [0.5, 0.6) is 0 Å². The number of aromatic nitrogens is 4. The number of pyridine rings is 1. The van der Waals surface area contributed by atoms with Gasteiger partial charge < -0.3 is 5.73 Å². The molecule has 20 heavy (non-hydrogen) atoms. The van der Waals surface area contributed by atoms with Crippen molar-refractivity contribution >= 4 is 11.5 Å². The summed E-state index contributed by atoms with van der Waals surface area (Å²) in [6.07, 6.45) is 2.39. The van der Waals surface area contributed by atoms with Gasteiger partial charge in [0.25, 0.3) is 5.56 Å². The number of hydrogen-bond donors (Lipinski definition) is 1. The minimum Gasteiger partial charge on any atom is -0.383 e. The van der Waals surface area contributed by atoms with E-state index >= 15 is 0 Å². The normalized spacial score (nSPS) is 10.8. The van der Waals surface area contributed by atoms with Crippen LogP contribution in [0.15, 0.2) is 46.2 Å². The molecule has 0 aliphatic rings. The van der Waals surface area contributed by atoms with Gasteiger partial charge in [-0.25, -0.2) is 14.2 Å². The van der Waals surface area contributed by atoms with Crippen LogP contribution in [0.4, 0.5) is 10.2 Å². The molecule has 3 aromatic heterocycles. The fourth-order valence-electron chi connectivity index (χ4n) is 1.78. The molecule has 0 saturated heterocycles. The smallest absolute Gasteiger partial charge is 0.355 e. The Morgan fingerprint density at radius 2 is 1.95 bits per heavy atom. The van der Waals surface area contributed by atoms with Crippen molar-refractivity contribution in [2.75, 3.05) is 5.73 Å². The summed E-state index contributed by atoms with van der Waals surface area (Å²) in [6, 6.07) is 5.05. The van der Waals surface area contributed by atoms with Crippen molar-refractivity contribution in [1.29, 1.82) is 0 Å². The second kappa shape index (κ2) is 4.26. The molecule has 8 heteroatoms. The average Bonchev–Trinajstić information content (AvgIpc) is 2.39. The summed E-state index contributed by atoms with van der Waals surface area (Å²) < 4.78 is 15.2. The van der Waals surface area contributed by atoms with Crippen LogP contribution in [0.2, 0.25) is 0 Å². The first-order valence-corrected chi connectivity index (χ1v) is 5.59. The standard InChI is InChI=1S/C12H8FN5O2/c13-7-1-2-9-16-10(5-11(19)18(9)6-7)17-4-3-8(14)15-12(17)20/h1-6H,(H2,14,15,20). The molecule has 0 unspecified atom stereocenters. The van der Waals surface area contributed by atoms with E-state index in [0.29, 0.717) is 0 Å². The van der Waals surface area contributed by atoms with E-state index in [1.54, 1.807) is 0 Å². The van der Waals surface area contributed by atoms with Crippen LogP contribution < -0.4 is 17.0 Å². The summed E-state index contributed by atoms with van der Waals surface area (Å²) in [5, 5.41) is 0. The first kappa shape index (κ1) is 12.0. The van der Waals surface area contributed by atoms with Gasteiger partial charge in [-0.3, -0.25) is 13.8 Å². The Labute approximate surface area is 110 Å². The van der Waals surface area contributed by atoms with Crippen molar-refractivity contribution < 1.29 is 4.39 Å². The molecule has 0 amide bonds. The minimum absolute atomic E-state index is 0.0748. The maximum atomic E-state index is 13.1. The second-order valence-corrected chi connectivity index (χ2v) is 4.03. The Bertz CT molecular complexity index is 931. The molecule has 0 saturated carbocycles. The number of nitrogens with zero attached hydrogens (tertiary/aromatic N) is 4. The predicted molar refractivity (Wildman–Crippen MR) is 69.2 cm³/mol. The highest BCUT2D eigenvalue weighted by Gasteiger charge is 2.07. The van der Waals surface area contributed by atoms with Crippen molar-refractivity contribution in [2.45, 2.75) is 0 Å². The van der Waals surface area contributed by atoms with E-state index in [4.69, 9.17) is 5.73 Å². The third-order valence-corrected chi connectivity index (χ3v) is 2.68. The molecule has 0 bridgehead atoms. The van der Waals surface area contributed by atoms with Gasteiger partial charge in [-0.05, 0) is 18.2 Å². The van der Waals surface area contributed by atoms with Crippen LogP contribution >= 0.6 is 0 Å². The second-order valence-electron chi connectivity index (χ2n) is 4.03. The number of rotatable bonds is 1. The number of nitrogen functional groups attached to an aromatic ring is 1. The third kappa shape index (κ3) is 1.92. The van der Waals surface area contributed by atoms with Crippen LogP contribution in [0.3, 0.4) is 0 Å². The lowest BCUT2D eigenvalue weighted by Crippen LogP contribution is -2.25. The van der Waals surface area contributed by atoms with Gasteiger partial charge in [0.05, 0.1) is 0 Å². The molecule has 2 N–H and O–H groups in total. The number of anilines is 1. The zero-order valence-electron chi connectivity index (χ0n) is 10.0. The predicted octanol–water partition coefficient (Wildman–Crippen LogP) is -0.0383. The van der Waals surface area contributed by atoms with Crippen LogP contribution in [0, 0.1) is 5.82 Å². The van der Waals surface area contributed by atoms with Gasteiger partial charge in [0, 0.05) is 18.5 Å². The number of fused-ring (bicyclic) bond motifs is 1. The van der Waals surface area contributed by atoms with E-state index in [1.807, 2.05) is 0 Å². The molecule has 0 aliphatic heterocycles. The maximum absolute atomic E-state index is 13.1. The summed E-state index contributed by atoms with van der Waals surface area (Å²) >= 11 is 0. The van der Waals surface area contributed by atoms with E-state index in [1.165, 1.54) is 24.4 Å². The molecule has 100 valence electrons. The van der Waals surface area contributed by atoms with E-state index in [2.05, 4.69) is 9.97 Å². The highest BCUT2D eigenvalue weighted by molar-refractivity contribution is 5.42. The molecule has 0 aliphatic carbocycles. The molecule has 3 heterocycles. The highest BCUT2D eigenvalue weighted by Crippen LogP contribution is 2.04. The van der Waals surface area contributed by atoms with E-state index < -0.39 is 17.1 Å². The topological polar surface area (TPSA) is 95.3 Å². The van der Waals surface area contributed by atoms with Gasteiger partial charge in [0.15, 0.2) is 0 Å². The molecule has 3 aromatic rings. The zero-order valence-corrected chi connectivity index (χ0v) is 10.0. The lowest BCUT2D eigenvalue weighted by atomic mass is 10.4. The molecular formula is C12H8FN5O2. The summed E-state index contributed by atoms with van der Waals surface area (Å²) in [5.74, 6) is -0.384. The Morgan fingerprint density at radius 3 is 2.70 bits per heavy atom. The molecule has 0 aromatic carbocycles. The molecule has 0 radical (unpaired) electrons. The summed E-state index contributed by atoms with van der Waals surface area (Å²) in [4.78, 5) is 31.3. The lowest BCUT2D eigenvalue weighted by Gasteiger charge is -2.06. The van der Waals surface area contributed by atoms with Gasteiger partial charge in [-0.2, -0.15) is 4.98 Å². The van der Waals surface area contributed by atoms with Crippen molar-refractivity contribution in [3.63, 3.8) is 0 Å². The first-order valence-electron chi connectivity index (χ1n) is 5.59. The fraction of sp³-hybridized carbons (Fsp3) is 0. The Morgan fingerprint density at radius 1 is 1.15 bits per heavy atom. The van der Waals surface area contributed by atoms with Gasteiger partial charge in [-0.15, -0.1) is 0 Å². The first-order chi connectivity index (χ1) is 9.54. The van der Waals surface area contributed by atoms with Crippen molar-refractivity contribution in [3.05, 3.63) is 63.3 Å². The van der Waals surface area contributed by atoms with Crippen LogP contribution in [-0.2, 0) is 0 Å². The minimum atomic E-state index is -0.650. The maximum Gasteiger partial charge on any atom is 0.355 e. The number of nitrogens with two attached hydrogens (primary N) is 1. The number of halogens is 1. The van der Waals surface area contributed by atoms with E-state index in [-0.39, 0.29) is 17.3 Å². The van der Waals surface area contributed by atoms with Crippen molar-refractivity contribution in [3.8, 4) is 5.82 Å². The SMILES string of the molecule is Nc1ccn(-c2cc(=O)n3cc(F)ccc3n2)c(=O)n1. The Balaban J connectivity index is 2.30. The Hall–Kier alpha value is -3.03. The van der Waals surface area contributed by atoms with Crippen LogP contribution in [-0.4, -0.2) is 18.9 Å². The average molecular weight is 273 g/mol. The van der Waals surface area contributed by atoms with Crippen LogP contribution in [0.25, 0.3) is 11.5 Å². The van der Waals surface area contributed by atoms with E-state index in [9.17, 15) is 14.0 Å². The lowest BCUT2D eigenvalue weighted by molar-refractivity contribution is 0.617. The largest absolute Gasteiger partial charge is 0.383 e.